The van der Waals surface area contributed by atoms with Gasteiger partial charge < -0.3 is 4.98 Å². The van der Waals surface area contributed by atoms with E-state index in [9.17, 15) is 0 Å². The van der Waals surface area contributed by atoms with Crippen LogP contribution in [-0.2, 0) is 25.5 Å². The average Bonchev–Trinajstić information content (AvgIpc) is 3.33. The molecule has 233 valence electrons. The van der Waals surface area contributed by atoms with E-state index in [0.29, 0.717) is 22.4 Å². The molecule has 0 unspecified atom stereocenters. The summed E-state index contributed by atoms with van der Waals surface area (Å²) in [5.74, 6) is 7.14. The van der Waals surface area contributed by atoms with Gasteiger partial charge in [0.2, 0.25) is 0 Å². The Morgan fingerprint density at radius 1 is 0.674 bits per heavy atom. The van der Waals surface area contributed by atoms with Crippen molar-refractivity contribution in [3.05, 3.63) is 150 Å². The van der Waals surface area contributed by atoms with Crippen molar-refractivity contribution in [2.75, 3.05) is 0 Å². The van der Waals surface area contributed by atoms with Gasteiger partial charge in [0.05, 0.1) is 0 Å². The number of aryl methyl sites for hydroxylation is 2. The third kappa shape index (κ3) is 6.74. The largest absolute Gasteiger partial charge is 0 e. The Bertz CT molecular complexity index is 2170. The molecular formula is C42H40GeIrN2-2. The normalized spacial score (nSPS) is 15.2. The van der Waals surface area contributed by atoms with Gasteiger partial charge in [0, 0.05) is 45.5 Å². The number of hydrogen-bond acceptors (Lipinski definition) is 2. The van der Waals surface area contributed by atoms with Crippen molar-refractivity contribution in [1.82, 2.24) is 9.97 Å². The molecule has 2 heterocycles. The van der Waals surface area contributed by atoms with E-state index in [1.807, 2.05) is 92.8 Å². The van der Waals surface area contributed by atoms with Crippen LogP contribution in [0.4, 0.5) is 0 Å². The standard InChI is InChI=1S/C28H24N.C14H16GeN.Ir/c1-18-13-14-21(15-23(18)20-10-6-5-7-11-20)26-16-25-24(17-29-26)22-12-8-9-19(2)27(22)28(25,3)4;1-15(2,3)13-9-10-14(16-11-13)12-7-5-4-6-8-12;/h5-13,15-17H,1-4H3;4-7,9-11H,1-3H3;/q2*-1;/i1D3,2D3;;. The van der Waals surface area contributed by atoms with E-state index in [-0.39, 0.29) is 25.7 Å². The summed E-state index contributed by atoms with van der Waals surface area (Å²) < 4.78 is 49.5. The van der Waals surface area contributed by atoms with Crippen LogP contribution < -0.4 is 4.40 Å². The van der Waals surface area contributed by atoms with Gasteiger partial charge in [-0.05, 0) is 40.4 Å². The van der Waals surface area contributed by atoms with Gasteiger partial charge in [-0.2, -0.15) is 0 Å². The number of pyridine rings is 2. The Hall–Kier alpha value is -3.63. The van der Waals surface area contributed by atoms with Crippen LogP contribution in [0.2, 0.25) is 17.3 Å². The molecule has 4 heteroatoms. The quantitative estimate of drug-likeness (QED) is 0.131. The summed E-state index contributed by atoms with van der Waals surface area (Å²) in [4.78, 5) is 9.22. The van der Waals surface area contributed by atoms with E-state index in [2.05, 4.69) is 46.5 Å². The summed E-state index contributed by atoms with van der Waals surface area (Å²) in [6, 6.07) is 38.8. The molecule has 46 heavy (non-hydrogen) atoms. The van der Waals surface area contributed by atoms with Crippen molar-refractivity contribution < 1.29 is 28.3 Å². The zero-order valence-corrected chi connectivity index (χ0v) is 31.2. The second-order valence-corrected chi connectivity index (χ2v) is 23.6. The van der Waals surface area contributed by atoms with E-state index in [0.717, 1.165) is 39.1 Å². The first-order valence-corrected chi connectivity index (χ1v) is 22.5. The molecular weight excluding hydrogens is 797 g/mol. The predicted octanol–water partition coefficient (Wildman–Crippen LogP) is 10.2. The van der Waals surface area contributed by atoms with E-state index in [1.165, 1.54) is 10.5 Å². The average molecular weight is 844 g/mol. The maximum Gasteiger partial charge on any atom is 0 e. The Balaban J connectivity index is 0.000000258. The van der Waals surface area contributed by atoms with Gasteiger partial charge >= 0.3 is 99.8 Å². The zero-order chi connectivity index (χ0) is 36.8. The van der Waals surface area contributed by atoms with E-state index < -0.39 is 32.4 Å². The Kier molecular flexibility index (Phi) is 7.83. The van der Waals surface area contributed by atoms with Gasteiger partial charge in [0.25, 0.3) is 0 Å². The maximum absolute atomic E-state index is 8.04. The second kappa shape index (κ2) is 13.6. The summed E-state index contributed by atoms with van der Waals surface area (Å²) >= 11 is -1.72. The van der Waals surface area contributed by atoms with Crippen LogP contribution in [0, 0.1) is 25.8 Å². The molecule has 1 aliphatic rings. The smallest absolute Gasteiger partial charge is 0 e. The van der Waals surface area contributed by atoms with E-state index >= 15 is 0 Å². The molecule has 2 nitrogen and oxygen atoms in total. The van der Waals surface area contributed by atoms with E-state index in [4.69, 9.17) is 13.2 Å². The van der Waals surface area contributed by atoms with E-state index in [1.54, 1.807) is 18.3 Å². The fraction of sp³-hybridized carbons (Fsp3) is 0.190. The number of fused-ring (bicyclic) bond motifs is 3. The van der Waals surface area contributed by atoms with Crippen LogP contribution in [0.25, 0.3) is 44.8 Å². The van der Waals surface area contributed by atoms with Crippen molar-refractivity contribution in [2.45, 2.75) is 50.2 Å². The van der Waals surface area contributed by atoms with Crippen LogP contribution in [0.5, 0.6) is 0 Å². The molecule has 0 fully saturated rings. The molecule has 1 radical (unpaired) electrons. The molecule has 6 aromatic rings. The number of rotatable bonds is 4. The molecule has 2 aromatic heterocycles. The van der Waals surface area contributed by atoms with Crippen LogP contribution in [0.3, 0.4) is 0 Å². The summed E-state index contributed by atoms with van der Waals surface area (Å²) in [5.41, 5.74) is 8.52. The molecule has 0 aliphatic heterocycles. The van der Waals surface area contributed by atoms with Crippen molar-refractivity contribution >= 4 is 17.7 Å². The zero-order valence-electron chi connectivity index (χ0n) is 32.7. The van der Waals surface area contributed by atoms with Crippen LogP contribution in [0.15, 0.2) is 116 Å². The number of benzene rings is 4. The monoisotopic (exact) mass is 845 g/mol. The molecule has 0 saturated carbocycles. The molecule has 0 saturated heterocycles. The minimum atomic E-state index is -2.28. The number of nitrogens with zero attached hydrogens (tertiary/aromatic N) is 2. The first-order valence-electron chi connectivity index (χ1n) is 18.2. The second-order valence-electron chi connectivity index (χ2n) is 13.0. The number of hydrogen-bond donors (Lipinski definition) is 0. The predicted molar refractivity (Wildman–Crippen MR) is 192 cm³/mol. The molecule has 0 atom stereocenters. The van der Waals surface area contributed by atoms with Crippen LogP contribution in [-0.4, -0.2) is 23.2 Å². The topological polar surface area (TPSA) is 25.8 Å². The Labute approximate surface area is 299 Å². The summed E-state index contributed by atoms with van der Waals surface area (Å²) in [5, 5.41) is 0. The van der Waals surface area contributed by atoms with Gasteiger partial charge in [0.15, 0.2) is 0 Å². The summed E-state index contributed by atoms with van der Waals surface area (Å²) in [6.45, 7) is -0.424. The van der Waals surface area contributed by atoms with Crippen molar-refractivity contribution in [3.63, 3.8) is 0 Å². The summed E-state index contributed by atoms with van der Waals surface area (Å²) in [7, 11) is 0. The SMILES string of the molecule is [2H]C([2H])([2H])c1c[c-]c(-c2cc3c(cn2)-c2cccc(C([2H])([2H])[2H])c2C3(C)C)cc1-c1ccccc1.[CH3][Ge]([CH3])([CH3])[c]1ccc(-c2[c-]cccc2)nc1.[Ir]. The summed E-state index contributed by atoms with van der Waals surface area (Å²) in [6.07, 6.45) is 3.82. The first kappa shape index (κ1) is 26.4. The first-order chi connectivity index (χ1) is 24.0. The molecule has 1 aliphatic carbocycles. The van der Waals surface area contributed by atoms with Crippen molar-refractivity contribution in [1.29, 1.82) is 0 Å². The van der Waals surface area contributed by atoms with Crippen LogP contribution in [0.1, 0.15) is 44.3 Å². The minimum Gasteiger partial charge on any atom is 0 e. The molecule has 0 bridgehead atoms. The third-order valence-corrected chi connectivity index (χ3v) is 12.7. The molecule has 0 amide bonds. The Morgan fingerprint density at radius 3 is 2.11 bits per heavy atom. The fourth-order valence-corrected chi connectivity index (χ4v) is 8.14. The van der Waals surface area contributed by atoms with Gasteiger partial charge in [-0.1, -0.05) is 80.9 Å². The van der Waals surface area contributed by atoms with Gasteiger partial charge in [-0.3, -0.25) is 0 Å². The molecule has 0 N–H and O–H groups in total. The van der Waals surface area contributed by atoms with Crippen molar-refractivity contribution in [3.8, 4) is 44.8 Å². The van der Waals surface area contributed by atoms with Gasteiger partial charge in [-0.15, -0.1) is 29.3 Å². The maximum atomic E-state index is 8.04. The van der Waals surface area contributed by atoms with Gasteiger partial charge in [-0.25, -0.2) is 0 Å². The fourth-order valence-electron chi connectivity index (χ4n) is 5.96. The Morgan fingerprint density at radius 2 is 1.43 bits per heavy atom. The molecule has 0 spiro atoms. The van der Waals surface area contributed by atoms with Crippen LogP contribution >= 0.6 is 0 Å². The van der Waals surface area contributed by atoms with Gasteiger partial charge in [0.1, 0.15) is 0 Å². The molecule has 7 rings (SSSR count). The minimum absolute atomic E-state index is 0. The number of aromatic nitrogens is 2. The third-order valence-electron chi connectivity index (χ3n) is 8.48. The van der Waals surface area contributed by atoms with Crippen molar-refractivity contribution in [2.24, 2.45) is 0 Å². The molecule has 4 aromatic carbocycles.